The number of aromatic nitrogens is 3. The molecule has 1 heterocycles. The lowest BCUT2D eigenvalue weighted by molar-refractivity contribution is 0.602. The molecule has 0 saturated heterocycles. The maximum absolute atomic E-state index is 11.0. The molecule has 1 aromatic carbocycles. The Labute approximate surface area is 103 Å². The van der Waals surface area contributed by atoms with Gasteiger partial charge in [-0.1, -0.05) is 17.2 Å². The van der Waals surface area contributed by atoms with Gasteiger partial charge in [-0.3, -0.25) is 0 Å². The molecule has 0 saturated carbocycles. The summed E-state index contributed by atoms with van der Waals surface area (Å²) in [5.41, 5.74) is 2.87. The summed E-state index contributed by atoms with van der Waals surface area (Å²) >= 11 is 0. The Bertz CT molecular complexity index is 644. The molecule has 1 N–H and O–H groups in total. The van der Waals surface area contributed by atoms with Gasteiger partial charge in [0.05, 0.1) is 0 Å². The molecule has 7 heteroatoms. The van der Waals surface area contributed by atoms with Crippen molar-refractivity contribution in [3.8, 4) is 11.4 Å². The van der Waals surface area contributed by atoms with Crippen LogP contribution in [-0.2, 0) is 9.05 Å². The molecule has 0 spiro atoms. The van der Waals surface area contributed by atoms with Crippen LogP contribution in [0.1, 0.15) is 11.1 Å². The number of hydrogen-bond acceptors (Lipinski definition) is 4. The summed E-state index contributed by atoms with van der Waals surface area (Å²) in [5.74, 6) is 0.316. The Morgan fingerprint density at radius 2 is 1.76 bits per heavy atom. The second kappa shape index (κ2) is 4.12. The van der Waals surface area contributed by atoms with E-state index >= 15 is 0 Å². The van der Waals surface area contributed by atoms with E-state index in [9.17, 15) is 8.42 Å². The average Bonchev–Trinajstić information content (AvgIpc) is 2.63. The van der Waals surface area contributed by atoms with Gasteiger partial charge in [-0.2, -0.15) is 10.1 Å². The molecule has 17 heavy (non-hydrogen) atoms. The van der Waals surface area contributed by atoms with Gasteiger partial charge in [-0.25, -0.2) is 13.5 Å². The van der Waals surface area contributed by atoms with Crippen molar-refractivity contribution in [3.05, 3.63) is 29.3 Å². The van der Waals surface area contributed by atoms with E-state index in [-0.39, 0.29) is 5.16 Å². The molecule has 0 aliphatic carbocycles. The maximum Gasteiger partial charge on any atom is 0.296 e. The van der Waals surface area contributed by atoms with Gasteiger partial charge in [0.2, 0.25) is 0 Å². The quantitative estimate of drug-likeness (QED) is 0.848. The highest BCUT2D eigenvalue weighted by Crippen LogP contribution is 2.20. The number of H-pyrrole nitrogens is 1. The van der Waals surface area contributed by atoms with E-state index in [2.05, 4.69) is 15.2 Å². The molecule has 90 valence electrons. The first kappa shape index (κ1) is 12.1. The number of hydrogen-bond donors (Lipinski definition) is 1. The zero-order valence-corrected chi connectivity index (χ0v) is 10.8. The molecule has 0 radical (unpaired) electrons. The zero-order valence-electron chi connectivity index (χ0n) is 9.23. The summed E-state index contributed by atoms with van der Waals surface area (Å²) in [6, 6.07) is 5.76. The summed E-state index contributed by atoms with van der Waals surface area (Å²) in [6.45, 7) is 3.89. The highest BCUT2D eigenvalue weighted by atomic mass is 35.7. The SMILES string of the molecule is Cc1cc(C)cc(-c2n[nH]c(S(=O)(=O)Cl)n2)c1. The molecule has 0 unspecified atom stereocenters. The lowest BCUT2D eigenvalue weighted by atomic mass is 10.1. The Balaban J connectivity index is 2.51. The smallest absolute Gasteiger partial charge is 0.248 e. The predicted octanol–water partition coefficient (Wildman–Crippen LogP) is 2.02. The van der Waals surface area contributed by atoms with Crippen molar-refractivity contribution >= 4 is 19.7 Å². The van der Waals surface area contributed by atoms with Crippen LogP contribution in [0.5, 0.6) is 0 Å². The molecule has 0 atom stereocenters. The van der Waals surface area contributed by atoms with E-state index in [1.165, 1.54) is 0 Å². The van der Waals surface area contributed by atoms with Crippen molar-refractivity contribution in [2.45, 2.75) is 19.0 Å². The topological polar surface area (TPSA) is 75.7 Å². The fourth-order valence-electron chi connectivity index (χ4n) is 1.59. The van der Waals surface area contributed by atoms with Crippen LogP contribution in [0.15, 0.2) is 23.4 Å². The standard InChI is InChI=1S/C10H10ClN3O2S/c1-6-3-7(2)5-8(4-6)9-12-10(14-13-9)17(11,15)16/h3-5H,1-2H3,(H,12,13,14). The molecule has 0 aliphatic heterocycles. The third-order valence-corrected chi connectivity index (χ3v) is 3.26. The largest absolute Gasteiger partial charge is 0.296 e. The summed E-state index contributed by atoms with van der Waals surface area (Å²) in [5, 5.41) is 5.80. The van der Waals surface area contributed by atoms with Gasteiger partial charge in [0, 0.05) is 16.2 Å². The Morgan fingerprint density at radius 3 is 2.24 bits per heavy atom. The van der Waals surface area contributed by atoms with Crippen LogP contribution in [0.3, 0.4) is 0 Å². The van der Waals surface area contributed by atoms with Gasteiger partial charge in [0.25, 0.3) is 14.2 Å². The van der Waals surface area contributed by atoms with Crippen molar-refractivity contribution in [3.63, 3.8) is 0 Å². The Hall–Kier alpha value is -1.40. The number of nitrogens with zero attached hydrogens (tertiary/aromatic N) is 2. The van der Waals surface area contributed by atoms with E-state index in [0.29, 0.717) is 5.82 Å². The van der Waals surface area contributed by atoms with Gasteiger partial charge in [0.1, 0.15) is 0 Å². The van der Waals surface area contributed by atoms with E-state index in [1.807, 2.05) is 32.0 Å². The zero-order chi connectivity index (χ0) is 12.6. The molecular formula is C10H10ClN3O2S. The number of aromatic amines is 1. The lowest BCUT2D eigenvalue weighted by Crippen LogP contribution is -1.92. The van der Waals surface area contributed by atoms with Crippen LogP contribution in [0.2, 0.25) is 0 Å². The minimum atomic E-state index is -3.87. The Kier molecular flexibility index (Phi) is 2.92. The average molecular weight is 272 g/mol. The van der Waals surface area contributed by atoms with Gasteiger partial charge in [0.15, 0.2) is 5.82 Å². The van der Waals surface area contributed by atoms with Crippen LogP contribution in [0.4, 0.5) is 0 Å². The van der Waals surface area contributed by atoms with Gasteiger partial charge < -0.3 is 0 Å². The fraction of sp³-hybridized carbons (Fsp3) is 0.200. The first-order valence-electron chi connectivity index (χ1n) is 4.82. The molecule has 0 amide bonds. The minimum absolute atomic E-state index is 0.316. The molecule has 2 aromatic rings. The van der Waals surface area contributed by atoms with Gasteiger partial charge in [-0.15, -0.1) is 0 Å². The number of aryl methyl sites for hydroxylation is 2. The molecule has 2 rings (SSSR count). The van der Waals surface area contributed by atoms with Crippen LogP contribution in [-0.4, -0.2) is 23.6 Å². The molecule has 0 aliphatic rings. The third-order valence-electron chi connectivity index (χ3n) is 2.18. The highest BCUT2D eigenvalue weighted by Gasteiger charge is 2.16. The summed E-state index contributed by atoms with van der Waals surface area (Å²) < 4.78 is 22.1. The summed E-state index contributed by atoms with van der Waals surface area (Å²) in [7, 11) is 1.29. The molecule has 5 nitrogen and oxygen atoms in total. The van der Waals surface area contributed by atoms with Gasteiger partial charge in [-0.05, 0) is 26.0 Å². The third kappa shape index (κ3) is 2.65. The minimum Gasteiger partial charge on any atom is -0.248 e. The van der Waals surface area contributed by atoms with Crippen molar-refractivity contribution in [2.75, 3.05) is 0 Å². The normalized spacial score (nSPS) is 11.7. The highest BCUT2D eigenvalue weighted by molar-refractivity contribution is 8.13. The second-order valence-corrected chi connectivity index (χ2v) is 6.26. The van der Waals surface area contributed by atoms with Crippen molar-refractivity contribution in [2.24, 2.45) is 0 Å². The molecular weight excluding hydrogens is 262 g/mol. The number of benzene rings is 1. The number of rotatable bonds is 2. The summed E-state index contributed by atoms with van der Waals surface area (Å²) in [4.78, 5) is 3.85. The van der Waals surface area contributed by atoms with E-state index in [4.69, 9.17) is 10.7 Å². The van der Waals surface area contributed by atoms with Crippen LogP contribution < -0.4 is 0 Å². The van der Waals surface area contributed by atoms with Crippen molar-refractivity contribution < 1.29 is 8.42 Å². The lowest BCUT2D eigenvalue weighted by Gasteiger charge is -2.00. The van der Waals surface area contributed by atoms with E-state index < -0.39 is 9.05 Å². The summed E-state index contributed by atoms with van der Waals surface area (Å²) in [6.07, 6.45) is 0. The fourth-order valence-corrected chi connectivity index (χ4v) is 2.15. The monoisotopic (exact) mass is 271 g/mol. The Morgan fingerprint density at radius 1 is 1.18 bits per heavy atom. The first-order chi connectivity index (χ1) is 7.86. The van der Waals surface area contributed by atoms with Crippen LogP contribution in [0.25, 0.3) is 11.4 Å². The van der Waals surface area contributed by atoms with Crippen molar-refractivity contribution in [1.29, 1.82) is 0 Å². The molecule has 0 bridgehead atoms. The maximum atomic E-state index is 11.0. The van der Waals surface area contributed by atoms with E-state index in [0.717, 1.165) is 16.7 Å². The molecule has 1 aromatic heterocycles. The second-order valence-electron chi connectivity index (χ2n) is 3.78. The van der Waals surface area contributed by atoms with Crippen LogP contribution >= 0.6 is 10.7 Å². The number of halogens is 1. The molecule has 0 fully saturated rings. The van der Waals surface area contributed by atoms with Crippen LogP contribution in [0, 0.1) is 13.8 Å². The van der Waals surface area contributed by atoms with Crippen molar-refractivity contribution in [1.82, 2.24) is 15.2 Å². The van der Waals surface area contributed by atoms with Gasteiger partial charge >= 0.3 is 0 Å². The first-order valence-corrected chi connectivity index (χ1v) is 7.13. The number of nitrogens with one attached hydrogen (secondary N) is 1. The van der Waals surface area contributed by atoms with E-state index in [1.54, 1.807) is 0 Å². The predicted molar refractivity (Wildman–Crippen MR) is 64.3 cm³/mol.